The molecule has 0 aliphatic rings. The van der Waals surface area contributed by atoms with Gasteiger partial charge in [-0.1, -0.05) is 23.2 Å². The van der Waals surface area contributed by atoms with E-state index in [-0.39, 0.29) is 10.0 Å². The predicted octanol–water partition coefficient (Wildman–Crippen LogP) is 1.33. The molecule has 2 heterocycles. The van der Waals surface area contributed by atoms with Gasteiger partial charge in [0.25, 0.3) is 5.56 Å². The normalized spacial score (nSPS) is 10.3. The highest BCUT2D eigenvalue weighted by Crippen LogP contribution is 2.15. The molecule has 0 aliphatic heterocycles. The molecule has 0 saturated heterocycles. The molecule has 76 valence electrons. The number of hydrogen-bond donors (Lipinski definition) is 0. The van der Waals surface area contributed by atoms with Crippen LogP contribution in [0.15, 0.2) is 29.6 Å². The summed E-state index contributed by atoms with van der Waals surface area (Å²) in [6, 6.07) is 0. The van der Waals surface area contributed by atoms with Gasteiger partial charge in [-0.2, -0.15) is 9.78 Å². The molecule has 0 saturated carbocycles. The van der Waals surface area contributed by atoms with Crippen molar-refractivity contribution in [1.29, 1.82) is 0 Å². The zero-order valence-electron chi connectivity index (χ0n) is 7.26. The molecular formula is C8H4Cl2N4O. The van der Waals surface area contributed by atoms with Crippen LogP contribution in [-0.4, -0.2) is 19.7 Å². The van der Waals surface area contributed by atoms with Crippen molar-refractivity contribution in [2.24, 2.45) is 0 Å². The molecule has 0 aromatic carbocycles. The molecular weight excluding hydrogens is 239 g/mol. The first-order chi connectivity index (χ1) is 7.20. The number of aromatic nitrogens is 4. The van der Waals surface area contributed by atoms with Crippen molar-refractivity contribution in [2.45, 2.75) is 0 Å². The summed E-state index contributed by atoms with van der Waals surface area (Å²) >= 11 is 11.3. The van der Waals surface area contributed by atoms with Gasteiger partial charge in [-0.05, 0) is 0 Å². The summed E-state index contributed by atoms with van der Waals surface area (Å²) in [7, 11) is 0. The van der Waals surface area contributed by atoms with Crippen LogP contribution < -0.4 is 5.56 Å². The molecule has 0 spiro atoms. The molecule has 7 heteroatoms. The molecule has 0 amide bonds. The number of halogens is 2. The summed E-state index contributed by atoms with van der Waals surface area (Å²) < 4.78 is 1.03. The Morgan fingerprint density at radius 2 is 2.00 bits per heavy atom. The SMILES string of the molecule is O=c1c(Cl)c(Cl)cnn1-c1cnccn1. The second kappa shape index (κ2) is 3.96. The quantitative estimate of drug-likeness (QED) is 0.757. The molecule has 0 fully saturated rings. The summed E-state index contributed by atoms with van der Waals surface area (Å²) in [5, 5.41) is 3.82. The lowest BCUT2D eigenvalue weighted by atomic mass is 10.5. The van der Waals surface area contributed by atoms with Crippen LogP contribution in [-0.2, 0) is 0 Å². The summed E-state index contributed by atoms with van der Waals surface area (Å²) in [5.41, 5.74) is -0.523. The Hall–Kier alpha value is -1.46. The molecule has 2 aromatic rings. The smallest absolute Gasteiger partial charge is 0.266 e. The monoisotopic (exact) mass is 242 g/mol. The second-order valence-electron chi connectivity index (χ2n) is 2.59. The number of rotatable bonds is 1. The average Bonchev–Trinajstić information content (AvgIpc) is 2.27. The highest BCUT2D eigenvalue weighted by atomic mass is 35.5. The highest BCUT2D eigenvalue weighted by molar-refractivity contribution is 6.41. The Labute approximate surface area is 94.3 Å². The molecule has 0 unspecified atom stereocenters. The Bertz CT molecular complexity index is 540. The van der Waals surface area contributed by atoms with Gasteiger partial charge in [0.1, 0.15) is 5.02 Å². The maximum atomic E-state index is 11.6. The van der Waals surface area contributed by atoms with Gasteiger partial charge in [-0.3, -0.25) is 9.78 Å². The van der Waals surface area contributed by atoms with E-state index in [1.54, 1.807) is 0 Å². The van der Waals surface area contributed by atoms with E-state index < -0.39 is 5.56 Å². The Kier molecular flexibility index (Phi) is 2.66. The third kappa shape index (κ3) is 1.84. The van der Waals surface area contributed by atoms with Crippen LogP contribution in [0.5, 0.6) is 0 Å². The van der Waals surface area contributed by atoms with E-state index in [0.29, 0.717) is 5.82 Å². The van der Waals surface area contributed by atoms with Crippen molar-refractivity contribution < 1.29 is 0 Å². The fourth-order valence-electron chi connectivity index (χ4n) is 0.976. The van der Waals surface area contributed by atoms with Gasteiger partial charge >= 0.3 is 0 Å². The summed E-state index contributed by atoms with van der Waals surface area (Å²) in [4.78, 5) is 19.3. The summed E-state index contributed by atoms with van der Waals surface area (Å²) in [6.45, 7) is 0. The highest BCUT2D eigenvalue weighted by Gasteiger charge is 2.09. The molecule has 5 nitrogen and oxygen atoms in total. The van der Waals surface area contributed by atoms with Gasteiger partial charge in [0.2, 0.25) is 0 Å². The fraction of sp³-hybridized carbons (Fsp3) is 0. The third-order valence-corrected chi connectivity index (χ3v) is 2.39. The number of hydrogen-bond acceptors (Lipinski definition) is 4. The summed E-state index contributed by atoms with van der Waals surface area (Å²) in [6.07, 6.45) is 5.62. The van der Waals surface area contributed by atoms with Gasteiger partial charge in [0, 0.05) is 12.4 Å². The average molecular weight is 243 g/mol. The molecule has 0 N–H and O–H groups in total. The minimum atomic E-state index is -0.523. The second-order valence-corrected chi connectivity index (χ2v) is 3.37. The van der Waals surface area contributed by atoms with Crippen LogP contribution in [0.3, 0.4) is 0 Å². The van der Waals surface area contributed by atoms with E-state index >= 15 is 0 Å². The van der Waals surface area contributed by atoms with Gasteiger partial charge in [0.05, 0.1) is 17.4 Å². The minimum absolute atomic E-state index is 0.0858. The lowest BCUT2D eigenvalue weighted by molar-refractivity contribution is 0.776. The largest absolute Gasteiger partial charge is 0.293 e. The Morgan fingerprint density at radius 1 is 1.20 bits per heavy atom. The maximum absolute atomic E-state index is 11.6. The van der Waals surface area contributed by atoms with Crippen molar-refractivity contribution in [3.63, 3.8) is 0 Å². The van der Waals surface area contributed by atoms with Crippen LogP contribution >= 0.6 is 23.2 Å². The lowest BCUT2D eigenvalue weighted by Crippen LogP contribution is -2.22. The summed E-state index contributed by atoms with van der Waals surface area (Å²) in [5.74, 6) is 0.293. The standard InChI is InChI=1S/C8H4Cl2N4O/c9-5-3-13-14(8(15)7(5)10)6-4-11-1-2-12-6/h1-4H. The number of nitrogens with zero attached hydrogens (tertiary/aromatic N) is 4. The van der Waals surface area contributed by atoms with Crippen LogP contribution in [0.25, 0.3) is 5.82 Å². The van der Waals surface area contributed by atoms with Crippen molar-refractivity contribution >= 4 is 23.2 Å². The maximum Gasteiger partial charge on any atom is 0.293 e. The van der Waals surface area contributed by atoms with Gasteiger partial charge in [0.15, 0.2) is 5.82 Å². The van der Waals surface area contributed by atoms with E-state index in [1.807, 2.05) is 0 Å². The molecule has 0 bridgehead atoms. The fourth-order valence-corrected chi connectivity index (χ4v) is 1.23. The van der Waals surface area contributed by atoms with Gasteiger partial charge < -0.3 is 0 Å². The van der Waals surface area contributed by atoms with Gasteiger partial charge in [-0.15, -0.1) is 0 Å². The van der Waals surface area contributed by atoms with Crippen LogP contribution in [0.1, 0.15) is 0 Å². The van der Waals surface area contributed by atoms with Crippen LogP contribution in [0, 0.1) is 0 Å². The van der Waals surface area contributed by atoms with Crippen LogP contribution in [0.4, 0.5) is 0 Å². The van der Waals surface area contributed by atoms with E-state index in [0.717, 1.165) is 4.68 Å². The van der Waals surface area contributed by atoms with Crippen molar-refractivity contribution in [1.82, 2.24) is 19.7 Å². The van der Waals surface area contributed by atoms with Crippen molar-refractivity contribution in [3.05, 3.63) is 45.2 Å². The van der Waals surface area contributed by atoms with E-state index in [1.165, 1.54) is 24.8 Å². The Balaban J connectivity index is 2.66. The first kappa shape index (κ1) is 10.1. The molecule has 2 rings (SSSR count). The predicted molar refractivity (Wildman–Crippen MR) is 55.4 cm³/mol. The zero-order chi connectivity index (χ0) is 10.8. The molecule has 2 aromatic heterocycles. The molecule has 0 aliphatic carbocycles. The lowest BCUT2D eigenvalue weighted by Gasteiger charge is -2.02. The minimum Gasteiger partial charge on any atom is -0.266 e. The molecule has 0 radical (unpaired) electrons. The third-order valence-electron chi connectivity index (χ3n) is 1.64. The van der Waals surface area contributed by atoms with Crippen LogP contribution in [0.2, 0.25) is 10.0 Å². The first-order valence-electron chi connectivity index (χ1n) is 3.90. The van der Waals surface area contributed by atoms with Crippen molar-refractivity contribution in [3.8, 4) is 5.82 Å². The van der Waals surface area contributed by atoms with E-state index in [4.69, 9.17) is 23.2 Å². The molecule has 15 heavy (non-hydrogen) atoms. The molecule has 0 atom stereocenters. The first-order valence-corrected chi connectivity index (χ1v) is 4.65. The van der Waals surface area contributed by atoms with E-state index in [2.05, 4.69) is 15.1 Å². The topological polar surface area (TPSA) is 60.7 Å². The zero-order valence-corrected chi connectivity index (χ0v) is 8.77. The van der Waals surface area contributed by atoms with Gasteiger partial charge in [-0.25, -0.2) is 4.98 Å². The Morgan fingerprint density at radius 3 is 2.67 bits per heavy atom. The van der Waals surface area contributed by atoms with Crippen molar-refractivity contribution in [2.75, 3.05) is 0 Å². The van der Waals surface area contributed by atoms with E-state index in [9.17, 15) is 4.79 Å².